The van der Waals surface area contributed by atoms with Gasteiger partial charge in [0.05, 0.1) is 5.25 Å². The van der Waals surface area contributed by atoms with E-state index in [0.29, 0.717) is 5.25 Å². The summed E-state index contributed by atoms with van der Waals surface area (Å²) in [5.41, 5.74) is 0. The van der Waals surface area contributed by atoms with Crippen molar-refractivity contribution in [3.05, 3.63) is 91.0 Å². The van der Waals surface area contributed by atoms with Crippen molar-refractivity contribution < 1.29 is 8.42 Å². The minimum absolute atomic E-state index is 0. The van der Waals surface area contributed by atoms with Gasteiger partial charge in [0.2, 0.25) is 9.05 Å². The Morgan fingerprint density at radius 1 is 0.677 bits per heavy atom. The van der Waals surface area contributed by atoms with Crippen LogP contribution in [0.5, 0.6) is 0 Å². The molecule has 0 spiro atoms. The summed E-state index contributed by atoms with van der Waals surface area (Å²) < 4.78 is 20.2. The first-order chi connectivity index (χ1) is 14.1. The fourth-order valence-electron chi connectivity index (χ4n) is 2.18. The maximum absolute atomic E-state index is 10.1. The monoisotopic (exact) mass is 496 g/mol. The number of halogens is 1. The van der Waals surface area contributed by atoms with E-state index in [1.165, 1.54) is 29.8 Å². The second kappa shape index (κ2) is 15.5. The van der Waals surface area contributed by atoms with E-state index >= 15 is 0 Å². The van der Waals surface area contributed by atoms with Gasteiger partial charge in [0.15, 0.2) is 0 Å². The van der Waals surface area contributed by atoms with Crippen molar-refractivity contribution in [3.8, 4) is 0 Å². The van der Waals surface area contributed by atoms with Gasteiger partial charge < -0.3 is 0 Å². The Bertz CT molecular complexity index is 836. The topological polar surface area (TPSA) is 34.1 Å². The van der Waals surface area contributed by atoms with Gasteiger partial charge >= 0.3 is 0 Å². The second-order valence-electron chi connectivity index (χ2n) is 6.96. The molecule has 0 heterocycles. The Morgan fingerprint density at radius 3 is 1.03 bits per heavy atom. The third kappa shape index (κ3) is 12.3. The van der Waals surface area contributed by atoms with Crippen LogP contribution in [0.3, 0.4) is 0 Å². The number of benzene rings is 3. The number of hydrogen-bond donors (Lipinski definition) is 1. The first-order valence-electron chi connectivity index (χ1n) is 9.69. The van der Waals surface area contributed by atoms with Crippen molar-refractivity contribution >= 4 is 56.2 Å². The van der Waals surface area contributed by atoms with E-state index in [1.807, 2.05) is 13.8 Å². The van der Waals surface area contributed by atoms with E-state index in [4.69, 9.17) is 10.7 Å². The summed E-state index contributed by atoms with van der Waals surface area (Å²) in [4.78, 5) is 0. The van der Waals surface area contributed by atoms with E-state index in [9.17, 15) is 8.42 Å². The van der Waals surface area contributed by atoms with Gasteiger partial charge in [0.1, 0.15) is 0 Å². The summed E-state index contributed by atoms with van der Waals surface area (Å²) in [5.74, 6) is 0. The van der Waals surface area contributed by atoms with Gasteiger partial charge in [-0.3, -0.25) is 0 Å². The Kier molecular flexibility index (Phi) is 14.8. The smallest absolute Gasteiger partial charge is 0.212 e. The fraction of sp³-hybridized carbons (Fsp3) is 0.280. The number of rotatable bonds is 4. The molecule has 0 aliphatic carbocycles. The molecule has 0 amide bonds. The molecular formula is C25H34ClO2PS2. The van der Waals surface area contributed by atoms with E-state index < -0.39 is 22.2 Å². The first kappa shape index (κ1) is 29.7. The Morgan fingerprint density at radius 2 is 0.871 bits per heavy atom. The van der Waals surface area contributed by atoms with Gasteiger partial charge in [-0.1, -0.05) is 112 Å². The highest BCUT2D eigenvalue weighted by molar-refractivity contribution is 8.14. The van der Waals surface area contributed by atoms with Crippen LogP contribution in [-0.4, -0.2) is 18.9 Å². The zero-order valence-corrected chi connectivity index (χ0v) is 21.2. The average molecular weight is 497 g/mol. The normalized spacial score (nSPS) is 10.5. The summed E-state index contributed by atoms with van der Waals surface area (Å²) in [6.07, 6.45) is 0. The minimum Gasteiger partial charge on any atom is -0.212 e. The van der Waals surface area contributed by atoms with Crippen LogP contribution in [0.1, 0.15) is 35.1 Å². The SMILES string of the molecule is C.CC(C)S.CC(C)S(=O)(=O)Cl.c1ccc(P(c2ccccc2)c2ccccc2)cc1. The molecule has 0 radical (unpaired) electrons. The Balaban J connectivity index is 0.000000633. The van der Waals surface area contributed by atoms with Crippen molar-refractivity contribution in [2.24, 2.45) is 0 Å². The van der Waals surface area contributed by atoms with Gasteiger partial charge in [0.25, 0.3) is 0 Å². The molecule has 6 heteroatoms. The van der Waals surface area contributed by atoms with Gasteiger partial charge in [0, 0.05) is 10.7 Å². The van der Waals surface area contributed by atoms with Gasteiger partial charge in [-0.15, -0.1) is 0 Å². The molecule has 3 aromatic carbocycles. The molecule has 170 valence electrons. The Labute approximate surface area is 200 Å². The van der Waals surface area contributed by atoms with Crippen molar-refractivity contribution in [2.75, 3.05) is 0 Å². The van der Waals surface area contributed by atoms with Gasteiger partial charge in [-0.25, -0.2) is 8.42 Å². The van der Waals surface area contributed by atoms with Crippen molar-refractivity contribution in [1.82, 2.24) is 0 Å². The van der Waals surface area contributed by atoms with Gasteiger partial charge in [-0.2, -0.15) is 12.6 Å². The highest BCUT2D eigenvalue weighted by Crippen LogP contribution is 2.32. The third-order valence-corrected chi connectivity index (χ3v) is 8.25. The molecule has 0 aliphatic rings. The highest BCUT2D eigenvalue weighted by Gasteiger charge is 2.15. The van der Waals surface area contributed by atoms with Crippen LogP contribution in [-0.2, 0) is 9.05 Å². The quantitative estimate of drug-likeness (QED) is 0.259. The van der Waals surface area contributed by atoms with Gasteiger partial charge in [-0.05, 0) is 42.9 Å². The minimum atomic E-state index is -3.27. The van der Waals surface area contributed by atoms with Crippen molar-refractivity contribution in [2.45, 2.75) is 45.6 Å². The van der Waals surface area contributed by atoms with E-state index in [2.05, 4.69) is 104 Å². The van der Waals surface area contributed by atoms with E-state index in [1.54, 1.807) is 0 Å². The summed E-state index contributed by atoms with van der Waals surface area (Å²) >= 11 is 3.97. The fourth-order valence-corrected chi connectivity index (χ4v) is 4.48. The maximum Gasteiger partial charge on any atom is 0.234 e. The van der Waals surface area contributed by atoms with Crippen LogP contribution in [0.25, 0.3) is 0 Å². The predicted molar refractivity (Wildman–Crippen MR) is 146 cm³/mol. The molecule has 3 rings (SSSR count). The molecule has 0 saturated carbocycles. The lowest BCUT2D eigenvalue weighted by molar-refractivity contribution is 0.601. The zero-order valence-electron chi connectivity index (χ0n) is 17.8. The number of thiol groups is 1. The van der Waals surface area contributed by atoms with Crippen LogP contribution in [0.2, 0.25) is 0 Å². The van der Waals surface area contributed by atoms with Crippen LogP contribution < -0.4 is 15.9 Å². The lowest BCUT2D eigenvalue weighted by Gasteiger charge is -2.18. The van der Waals surface area contributed by atoms with Crippen molar-refractivity contribution in [3.63, 3.8) is 0 Å². The number of hydrogen-bond acceptors (Lipinski definition) is 3. The molecule has 0 aliphatic heterocycles. The summed E-state index contributed by atoms with van der Waals surface area (Å²) in [6.45, 7) is 7.12. The molecule has 0 N–H and O–H groups in total. The maximum atomic E-state index is 10.1. The summed E-state index contributed by atoms with van der Waals surface area (Å²) in [5, 5.41) is 4.26. The van der Waals surface area contributed by atoms with Crippen LogP contribution in [0.15, 0.2) is 91.0 Å². The molecule has 0 bridgehead atoms. The van der Waals surface area contributed by atoms with Crippen LogP contribution in [0, 0.1) is 0 Å². The Hall–Kier alpha value is -1.32. The molecule has 0 unspecified atom stereocenters. The second-order valence-corrected chi connectivity index (χ2v) is 13.4. The third-order valence-electron chi connectivity index (χ3n) is 3.61. The molecule has 2 nitrogen and oxygen atoms in total. The van der Waals surface area contributed by atoms with Crippen LogP contribution >= 0.6 is 31.2 Å². The molecule has 0 atom stereocenters. The lowest BCUT2D eigenvalue weighted by Crippen LogP contribution is -2.20. The summed E-state index contributed by atoms with van der Waals surface area (Å²) in [7, 11) is 1.13. The highest BCUT2D eigenvalue weighted by atomic mass is 35.7. The molecule has 0 fully saturated rings. The first-order valence-corrected chi connectivity index (χ1v) is 13.9. The molecule has 3 aromatic rings. The van der Waals surface area contributed by atoms with E-state index in [-0.39, 0.29) is 7.43 Å². The average Bonchev–Trinajstić information content (AvgIpc) is 2.70. The predicted octanol–water partition coefficient (Wildman–Crippen LogP) is 6.37. The summed E-state index contributed by atoms with van der Waals surface area (Å²) in [6, 6.07) is 32.3. The zero-order chi connectivity index (χ0) is 22.6. The molecule has 0 aromatic heterocycles. The molecule has 31 heavy (non-hydrogen) atoms. The largest absolute Gasteiger partial charge is 0.234 e. The molecule has 0 saturated heterocycles. The van der Waals surface area contributed by atoms with Crippen molar-refractivity contribution in [1.29, 1.82) is 0 Å². The molecular weight excluding hydrogens is 463 g/mol. The lowest BCUT2D eigenvalue weighted by atomic mass is 10.4. The van der Waals surface area contributed by atoms with E-state index in [0.717, 1.165) is 0 Å². The standard InChI is InChI=1S/C18H15P.C3H7ClO2S.C3H8S.CH4/c1-4-10-16(11-5-1)19(17-12-6-2-7-13-17)18-14-8-3-9-15-18;1-3(2)7(4,5)6;1-3(2)4;/h1-15H;3H,1-2H3;3-4H,1-2H3;1H4. The van der Waals surface area contributed by atoms with Crippen LogP contribution in [0.4, 0.5) is 0 Å².